The van der Waals surface area contributed by atoms with E-state index in [-0.39, 0.29) is 17.9 Å². The van der Waals surface area contributed by atoms with Crippen LogP contribution in [0.2, 0.25) is 0 Å². The van der Waals surface area contributed by atoms with Gasteiger partial charge in [-0.15, -0.1) is 0 Å². The average molecular weight is 387 g/mol. The number of carbonyl (C=O) groups excluding carboxylic acids is 2. The molecule has 4 rings (SSSR count). The van der Waals surface area contributed by atoms with Gasteiger partial charge in [0.2, 0.25) is 0 Å². The van der Waals surface area contributed by atoms with Gasteiger partial charge in [-0.05, 0) is 50.9 Å². The van der Waals surface area contributed by atoms with E-state index in [4.69, 9.17) is 0 Å². The van der Waals surface area contributed by atoms with Crippen molar-refractivity contribution in [2.75, 3.05) is 13.1 Å². The van der Waals surface area contributed by atoms with E-state index in [1.807, 2.05) is 9.47 Å². The van der Waals surface area contributed by atoms with Gasteiger partial charge >= 0.3 is 0 Å². The number of hydrogen-bond donors (Lipinski definition) is 1. The van der Waals surface area contributed by atoms with Crippen LogP contribution >= 0.6 is 0 Å². The van der Waals surface area contributed by atoms with E-state index < -0.39 is 0 Å². The third-order valence-electron chi connectivity index (χ3n) is 6.79. The van der Waals surface area contributed by atoms with Crippen LogP contribution in [0.15, 0.2) is 0 Å². The standard InChI is InChI=1S/C22H34N4O2/c1-16-11-14-25(15-12-16)22(28)20-24-19(18-10-6-7-13-26(18)20)21(27)23-17-8-4-2-3-5-9-17/h16-17H,2-15H2,1H3,(H,23,27). The summed E-state index contributed by atoms with van der Waals surface area (Å²) < 4.78 is 2.03. The molecule has 0 unspecified atom stereocenters. The number of piperidine rings is 1. The molecule has 28 heavy (non-hydrogen) atoms. The lowest BCUT2D eigenvalue weighted by Gasteiger charge is -2.30. The van der Waals surface area contributed by atoms with Crippen molar-refractivity contribution >= 4 is 11.8 Å². The topological polar surface area (TPSA) is 67.2 Å². The number of likely N-dealkylation sites (tertiary alicyclic amines) is 1. The number of amides is 2. The summed E-state index contributed by atoms with van der Waals surface area (Å²) in [7, 11) is 0. The molecular formula is C22H34N4O2. The predicted molar refractivity (Wildman–Crippen MR) is 108 cm³/mol. The molecule has 0 aromatic carbocycles. The highest BCUT2D eigenvalue weighted by atomic mass is 16.2. The van der Waals surface area contributed by atoms with Gasteiger partial charge in [-0.1, -0.05) is 32.6 Å². The minimum atomic E-state index is -0.0798. The minimum absolute atomic E-state index is 0.00330. The van der Waals surface area contributed by atoms with Crippen LogP contribution in [-0.4, -0.2) is 45.4 Å². The van der Waals surface area contributed by atoms with Gasteiger partial charge in [-0.25, -0.2) is 4.98 Å². The maximum atomic E-state index is 13.2. The molecule has 3 aliphatic rings. The molecule has 2 fully saturated rings. The highest BCUT2D eigenvalue weighted by Crippen LogP contribution is 2.25. The molecule has 6 nitrogen and oxygen atoms in total. The fourth-order valence-electron chi connectivity index (χ4n) is 4.92. The smallest absolute Gasteiger partial charge is 0.289 e. The van der Waals surface area contributed by atoms with Crippen molar-refractivity contribution in [2.45, 2.75) is 90.1 Å². The zero-order valence-corrected chi connectivity index (χ0v) is 17.2. The van der Waals surface area contributed by atoms with Gasteiger partial charge in [-0.2, -0.15) is 0 Å². The maximum Gasteiger partial charge on any atom is 0.289 e. The molecule has 2 amide bonds. The predicted octanol–water partition coefficient (Wildman–Crippen LogP) is 3.54. The van der Waals surface area contributed by atoms with Crippen molar-refractivity contribution in [3.63, 3.8) is 0 Å². The fraction of sp³-hybridized carbons (Fsp3) is 0.773. The molecule has 1 saturated carbocycles. The number of nitrogens with zero attached hydrogens (tertiary/aromatic N) is 3. The summed E-state index contributed by atoms with van der Waals surface area (Å²) in [6.07, 6.45) is 12.0. The summed E-state index contributed by atoms with van der Waals surface area (Å²) in [5, 5.41) is 3.22. The van der Waals surface area contributed by atoms with Crippen LogP contribution in [0.1, 0.15) is 97.9 Å². The third-order valence-corrected chi connectivity index (χ3v) is 6.79. The van der Waals surface area contributed by atoms with Crippen molar-refractivity contribution in [2.24, 2.45) is 5.92 Å². The Bertz CT molecular complexity index is 710. The third kappa shape index (κ3) is 4.11. The Morgan fingerprint density at radius 2 is 1.64 bits per heavy atom. The molecule has 1 aromatic rings. The second kappa shape index (κ2) is 8.66. The first-order chi connectivity index (χ1) is 13.6. The van der Waals surface area contributed by atoms with E-state index >= 15 is 0 Å². The molecule has 1 aromatic heterocycles. The lowest BCUT2D eigenvalue weighted by Crippen LogP contribution is -2.39. The fourth-order valence-corrected chi connectivity index (χ4v) is 4.92. The number of hydrogen-bond acceptors (Lipinski definition) is 3. The van der Waals surface area contributed by atoms with Crippen LogP contribution in [0.25, 0.3) is 0 Å². The van der Waals surface area contributed by atoms with Gasteiger partial charge in [0.05, 0.1) is 5.69 Å². The van der Waals surface area contributed by atoms with Crippen LogP contribution in [0.4, 0.5) is 0 Å². The number of nitrogens with one attached hydrogen (secondary N) is 1. The van der Waals surface area contributed by atoms with Crippen LogP contribution < -0.4 is 5.32 Å². The molecule has 0 radical (unpaired) electrons. The van der Waals surface area contributed by atoms with Crippen LogP contribution in [0, 0.1) is 5.92 Å². The summed E-state index contributed by atoms with van der Waals surface area (Å²) in [5.74, 6) is 1.09. The molecular weight excluding hydrogens is 352 g/mol. The molecule has 6 heteroatoms. The van der Waals surface area contributed by atoms with E-state index in [1.54, 1.807) is 0 Å². The number of imidazole rings is 1. The van der Waals surface area contributed by atoms with Crippen LogP contribution in [0.3, 0.4) is 0 Å². The number of rotatable bonds is 3. The summed E-state index contributed by atoms with van der Waals surface area (Å²) in [5.41, 5.74) is 1.46. The molecule has 3 heterocycles. The highest BCUT2D eigenvalue weighted by Gasteiger charge is 2.31. The molecule has 154 valence electrons. The molecule has 0 bridgehead atoms. The van der Waals surface area contributed by atoms with Gasteiger partial charge in [0.1, 0.15) is 5.69 Å². The first kappa shape index (κ1) is 19.5. The lowest BCUT2D eigenvalue weighted by atomic mass is 9.99. The Balaban J connectivity index is 1.54. The molecule has 1 saturated heterocycles. The quantitative estimate of drug-likeness (QED) is 0.808. The molecule has 2 aliphatic heterocycles. The van der Waals surface area contributed by atoms with E-state index in [0.29, 0.717) is 17.4 Å². The van der Waals surface area contributed by atoms with Gasteiger partial charge < -0.3 is 14.8 Å². The Morgan fingerprint density at radius 3 is 2.36 bits per heavy atom. The van der Waals surface area contributed by atoms with E-state index in [0.717, 1.165) is 70.3 Å². The van der Waals surface area contributed by atoms with Gasteiger partial charge in [0, 0.05) is 25.7 Å². The zero-order chi connectivity index (χ0) is 19.5. The minimum Gasteiger partial charge on any atom is -0.348 e. The first-order valence-electron chi connectivity index (χ1n) is 11.3. The largest absolute Gasteiger partial charge is 0.348 e. The Kier molecular flexibility index (Phi) is 6.02. The summed E-state index contributed by atoms with van der Waals surface area (Å²) in [4.78, 5) is 32.8. The van der Waals surface area contributed by atoms with Crippen molar-refractivity contribution in [1.82, 2.24) is 19.8 Å². The zero-order valence-electron chi connectivity index (χ0n) is 17.2. The van der Waals surface area contributed by atoms with Crippen molar-refractivity contribution in [3.8, 4) is 0 Å². The SMILES string of the molecule is CC1CCN(C(=O)c2nc(C(=O)NC3CCCCCC3)c3n2CCCC3)CC1. The van der Waals surface area contributed by atoms with E-state index in [2.05, 4.69) is 17.2 Å². The molecule has 1 aliphatic carbocycles. The van der Waals surface area contributed by atoms with Crippen molar-refractivity contribution < 1.29 is 9.59 Å². The maximum absolute atomic E-state index is 13.2. The first-order valence-corrected chi connectivity index (χ1v) is 11.3. The molecule has 0 spiro atoms. The second-order valence-corrected chi connectivity index (χ2v) is 8.98. The van der Waals surface area contributed by atoms with E-state index in [1.165, 1.54) is 25.7 Å². The van der Waals surface area contributed by atoms with Crippen molar-refractivity contribution in [3.05, 3.63) is 17.2 Å². The number of carbonyl (C=O) groups is 2. The summed E-state index contributed by atoms with van der Waals surface area (Å²) in [6.45, 7) is 4.64. The number of aromatic nitrogens is 2. The normalized spacial score (nSPS) is 21.8. The second-order valence-electron chi connectivity index (χ2n) is 8.98. The van der Waals surface area contributed by atoms with Gasteiger partial charge in [0.25, 0.3) is 11.8 Å². The lowest BCUT2D eigenvalue weighted by molar-refractivity contribution is 0.0678. The highest BCUT2D eigenvalue weighted by molar-refractivity contribution is 5.97. The Morgan fingerprint density at radius 1 is 0.929 bits per heavy atom. The van der Waals surface area contributed by atoms with Crippen molar-refractivity contribution in [1.29, 1.82) is 0 Å². The van der Waals surface area contributed by atoms with Gasteiger partial charge in [0.15, 0.2) is 5.82 Å². The number of fused-ring (bicyclic) bond motifs is 1. The summed E-state index contributed by atoms with van der Waals surface area (Å²) >= 11 is 0. The molecule has 0 atom stereocenters. The van der Waals surface area contributed by atoms with E-state index in [9.17, 15) is 9.59 Å². The Hall–Kier alpha value is -1.85. The molecule has 1 N–H and O–H groups in total. The Labute approximate surface area is 168 Å². The van der Waals surface area contributed by atoms with Crippen LogP contribution in [-0.2, 0) is 13.0 Å². The summed E-state index contributed by atoms with van der Waals surface area (Å²) in [6, 6.07) is 0.249. The van der Waals surface area contributed by atoms with Crippen LogP contribution in [0.5, 0.6) is 0 Å². The monoisotopic (exact) mass is 386 g/mol. The van der Waals surface area contributed by atoms with Gasteiger partial charge in [-0.3, -0.25) is 9.59 Å². The average Bonchev–Trinajstić information content (AvgIpc) is 2.91.